The molecule has 0 radical (unpaired) electrons. The van der Waals surface area contributed by atoms with Crippen molar-refractivity contribution in [2.75, 3.05) is 5.32 Å². The van der Waals surface area contributed by atoms with E-state index in [0.717, 1.165) is 0 Å². The van der Waals surface area contributed by atoms with Crippen molar-refractivity contribution in [3.63, 3.8) is 0 Å². The van der Waals surface area contributed by atoms with Crippen LogP contribution in [0.5, 0.6) is 0 Å². The maximum absolute atomic E-state index is 13.1. The minimum absolute atomic E-state index is 0.0243. The highest BCUT2D eigenvalue weighted by molar-refractivity contribution is 7.80. The molecule has 174 valence electrons. The zero-order chi connectivity index (χ0) is 24.3. The molecule has 0 saturated carbocycles. The van der Waals surface area contributed by atoms with E-state index in [2.05, 4.69) is 16.0 Å². The second-order valence-electron chi connectivity index (χ2n) is 6.99. The topological polar surface area (TPSA) is 80.1 Å². The Kier molecular flexibility index (Phi) is 7.97. The Bertz CT molecular complexity index is 1240. The van der Waals surface area contributed by atoms with Gasteiger partial charge in [0, 0.05) is 17.6 Å². The van der Waals surface area contributed by atoms with E-state index in [1.165, 1.54) is 10.7 Å². The Morgan fingerprint density at radius 3 is 2.33 bits per heavy atom. The fourth-order valence-electron chi connectivity index (χ4n) is 3.04. The number of hydrogen-bond donors (Lipinski definition) is 3. The number of hydrogen-bond acceptors (Lipinski definition) is 3. The summed E-state index contributed by atoms with van der Waals surface area (Å²) in [5, 5.41) is 8.52. The lowest BCUT2D eigenvalue weighted by molar-refractivity contribution is 0.0934. The van der Waals surface area contributed by atoms with Crippen molar-refractivity contribution in [2.24, 2.45) is 7.05 Å². The number of anilines is 1. The van der Waals surface area contributed by atoms with Gasteiger partial charge in [0.25, 0.3) is 11.5 Å². The number of amides is 1. The molecule has 0 saturated heterocycles. The number of benzene rings is 2. The van der Waals surface area contributed by atoms with Crippen LogP contribution in [0.3, 0.4) is 0 Å². The van der Waals surface area contributed by atoms with Crippen molar-refractivity contribution in [1.82, 2.24) is 20.0 Å². The minimum atomic E-state index is -1.96. The Labute approximate surface area is 215 Å². The predicted octanol–water partition coefficient (Wildman–Crippen LogP) is 4.55. The van der Waals surface area contributed by atoms with Crippen molar-refractivity contribution in [3.8, 4) is 5.69 Å². The molecule has 3 N–H and O–H groups in total. The number of para-hydroxylation sites is 1. The molecule has 7 nitrogen and oxygen atoms in total. The number of nitrogens with one attached hydrogen (secondary N) is 3. The molecule has 0 aliphatic heterocycles. The van der Waals surface area contributed by atoms with E-state index in [0.29, 0.717) is 16.4 Å². The van der Waals surface area contributed by atoms with Crippen LogP contribution in [-0.2, 0) is 7.05 Å². The van der Waals surface area contributed by atoms with E-state index in [1.807, 2.05) is 30.3 Å². The molecule has 1 heterocycles. The van der Waals surface area contributed by atoms with Gasteiger partial charge in [-0.2, -0.15) is 0 Å². The first-order chi connectivity index (χ1) is 15.5. The summed E-state index contributed by atoms with van der Waals surface area (Å²) in [6.45, 7) is 1.76. The number of aromatic nitrogens is 2. The van der Waals surface area contributed by atoms with Crippen LogP contribution in [0.25, 0.3) is 5.69 Å². The van der Waals surface area contributed by atoms with Crippen LogP contribution in [0.2, 0.25) is 5.02 Å². The van der Waals surface area contributed by atoms with Gasteiger partial charge in [-0.3, -0.25) is 14.3 Å². The molecule has 12 heteroatoms. The summed E-state index contributed by atoms with van der Waals surface area (Å²) >= 11 is 29.4. The molecule has 0 aliphatic rings. The monoisotopic (exact) mass is 545 g/mol. The second-order valence-corrected chi connectivity index (χ2v) is 10.2. The standard InChI is InChI=1S/C21H19Cl4N5O2S/c1-12-16(18(32)30(29(12)2)15-9-4-3-5-10-15)26-20(33)28-19(21(23,24)25)27-17(31)13-7-6-8-14(22)11-13/h3-11,19H,1-2H3,(H,27,31)(H2,26,28,33). The first-order valence-corrected chi connectivity index (χ1v) is 11.5. The van der Waals surface area contributed by atoms with Crippen LogP contribution in [-0.4, -0.2) is 30.3 Å². The summed E-state index contributed by atoms with van der Waals surface area (Å²) < 4.78 is 1.22. The van der Waals surface area contributed by atoms with Crippen molar-refractivity contribution in [3.05, 3.63) is 81.2 Å². The normalized spacial score (nSPS) is 12.2. The van der Waals surface area contributed by atoms with Crippen molar-refractivity contribution in [2.45, 2.75) is 16.9 Å². The number of nitrogens with zero attached hydrogens (tertiary/aromatic N) is 2. The maximum atomic E-state index is 13.1. The molecule has 0 bridgehead atoms. The van der Waals surface area contributed by atoms with Gasteiger partial charge in [-0.1, -0.05) is 70.7 Å². The molecular weight excluding hydrogens is 528 g/mol. The van der Waals surface area contributed by atoms with Crippen molar-refractivity contribution >= 4 is 75.3 Å². The third-order valence-corrected chi connectivity index (χ3v) is 5.87. The highest BCUT2D eigenvalue weighted by Crippen LogP contribution is 2.29. The Balaban J connectivity index is 1.80. The fourth-order valence-corrected chi connectivity index (χ4v) is 3.77. The first kappa shape index (κ1) is 25.4. The Morgan fingerprint density at radius 2 is 1.73 bits per heavy atom. The van der Waals surface area contributed by atoms with E-state index in [9.17, 15) is 9.59 Å². The number of alkyl halides is 3. The Hall–Kier alpha value is -2.23. The lowest BCUT2D eigenvalue weighted by Crippen LogP contribution is -2.56. The quantitative estimate of drug-likeness (QED) is 0.248. The van der Waals surface area contributed by atoms with Gasteiger partial charge in [-0.25, -0.2) is 4.68 Å². The molecule has 0 fully saturated rings. The van der Waals surface area contributed by atoms with E-state index >= 15 is 0 Å². The summed E-state index contributed by atoms with van der Waals surface area (Å²) in [5.74, 6) is -0.536. The van der Waals surface area contributed by atoms with Gasteiger partial charge in [0.2, 0.25) is 3.79 Å². The summed E-state index contributed by atoms with van der Waals surface area (Å²) in [7, 11) is 1.75. The summed E-state index contributed by atoms with van der Waals surface area (Å²) in [4.78, 5) is 25.7. The molecule has 3 aromatic rings. The maximum Gasteiger partial charge on any atom is 0.295 e. The Morgan fingerprint density at radius 1 is 1.06 bits per heavy atom. The lowest BCUT2D eigenvalue weighted by atomic mass is 10.2. The average molecular weight is 547 g/mol. The third kappa shape index (κ3) is 6.02. The number of halogens is 4. The molecule has 1 atom stereocenters. The summed E-state index contributed by atoms with van der Waals surface area (Å²) in [6, 6.07) is 15.4. The molecular formula is C21H19Cl4N5O2S. The number of carbonyl (C=O) groups is 1. The highest BCUT2D eigenvalue weighted by atomic mass is 35.6. The van der Waals surface area contributed by atoms with Crippen molar-refractivity contribution < 1.29 is 4.79 Å². The van der Waals surface area contributed by atoms with Gasteiger partial charge in [0.15, 0.2) is 5.11 Å². The zero-order valence-corrected chi connectivity index (χ0v) is 21.2. The van der Waals surface area contributed by atoms with Gasteiger partial charge in [0.05, 0.1) is 11.4 Å². The minimum Gasteiger partial charge on any atom is -0.339 e. The molecule has 1 aromatic heterocycles. The molecule has 1 unspecified atom stereocenters. The number of thiocarbonyl (C=S) groups is 1. The molecule has 2 aromatic carbocycles. The van der Waals surface area contributed by atoms with Gasteiger partial charge >= 0.3 is 0 Å². The third-order valence-electron chi connectivity index (χ3n) is 4.76. The predicted molar refractivity (Wildman–Crippen MR) is 138 cm³/mol. The molecule has 0 spiro atoms. The van der Waals surface area contributed by atoms with E-state index in [4.69, 9.17) is 58.6 Å². The molecule has 3 rings (SSSR count). The van der Waals surface area contributed by atoms with Crippen LogP contribution in [0.4, 0.5) is 5.69 Å². The largest absolute Gasteiger partial charge is 0.339 e. The van der Waals surface area contributed by atoms with Crippen molar-refractivity contribution in [1.29, 1.82) is 0 Å². The first-order valence-electron chi connectivity index (χ1n) is 9.53. The smallest absolute Gasteiger partial charge is 0.295 e. The number of carbonyl (C=O) groups excluding carboxylic acids is 1. The van der Waals surface area contributed by atoms with Gasteiger partial charge in [-0.15, -0.1) is 0 Å². The average Bonchev–Trinajstić information content (AvgIpc) is 2.96. The zero-order valence-electron chi connectivity index (χ0n) is 17.4. The van der Waals surface area contributed by atoms with E-state index in [1.54, 1.807) is 36.9 Å². The van der Waals surface area contributed by atoms with Gasteiger partial charge < -0.3 is 16.0 Å². The second kappa shape index (κ2) is 10.4. The fraction of sp³-hybridized carbons (Fsp3) is 0.190. The molecule has 1 amide bonds. The summed E-state index contributed by atoms with van der Waals surface area (Å²) in [6.07, 6.45) is -1.21. The van der Waals surface area contributed by atoms with E-state index in [-0.39, 0.29) is 21.9 Å². The van der Waals surface area contributed by atoms with E-state index < -0.39 is 15.9 Å². The molecule has 0 aliphatic carbocycles. The van der Waals surface area contributed by atoms with Crippen LogP contribution in [0.15, 0.2) is 59.4 Å². The molecule has 33 heavy (non-hydrogen) atoms. The van der Waals surface area contributed by atoms with Crippen LogP contribution >= 0.6 is 58.6 Å². The van der Waals surface area contributed by atoms with Gasteiger partial charge in [0.1, 0.15) is 11.9 Å². The SMILES string of the molecule is Cc1c(NC(=S)NC(NC(=O)c2cccc(Cl)c2)C(Cl)(Cl)Cl)c(=O)n(-c2ccccc2)n1C. The lowest BCUT2D eigenvalue weighted by Gasteiger charge is -2.27. The number of rotatable bonds is 5. The van der Waals surface area contributed by atoms with Crippen LogP contribution in [0.1, 0.15) is 16.1 Å². The van der Waals surface area contributed by atoms with Crippen LogP contribution < -0.4 is 21.5 Å². The van der Waals surface area contributed by atoms with Gasteiger partial charge in [-0.05, 0) is 49.5 Å². The van der Waals surface area contributed by atoms with Crippen LogP contribution in [0, 0.1) is 6.92 Å². The summed E-state index contributed by atoms with van der Waals surface area (Å²) in [5.41, 5.74) is 1.50. The highest BCUT2D eigenvalue weighted by Gasteiger charge is 2.35.